The zero-order valence-corrected chi connectivity index (χ0v) is 28.5. The quantitative estimate of drug-likeness (QED) is 0.132. The van der Waals surface area contributed by atoms with Crippen LogP contribution in [0.2, 0.25) is 0 Å². The molecule has 5 aromatic rings. The largest absolute Gasteiger partial charge is 0.490 e. The lowest BCUT2D eigenvalue weighted by Crippen LogP contribution is -2.54. The number of nitrogens with zero attached hydrogens (tertiary/aromatic N) is 5. The van der Waals surface area contributed by atoms with E-state index >= 15 is 0 Å². The van der Waals surface area contributed by atoms with Crippen LogP contribution in [0.15, 0.2) is 96.2 Å². The molecule has 1 saturated heterocycles. The van der Waals surface area contributed by atoms with Crippen LogP contribution in [0.3, 0.4) is 0 Å². The van der Waals surface area contributed by atoms with Crippen molar-refractivity contribution in [2.45, 2.75) is 56.7 Å². The maximum atomic E-state index is 13.2. The van der Waals surface area contributed by atoms with E-state index in [-0.39, 0.29) is 47.9 Å². The van der Waals surface area contributed by atoms with Crippen molar-refractivity contribution in [3.63, 3.8) is 0 Å². The molecule has 2 N–H and O–H groups in total. The van der Waals surface area contributed by atoms with Gasteiger partial charge in [0.25, 0.3) is 17.7 Å². The van der Waals surface area contributed by atoms with Crippen LogP contribution in [0.1, 0.15) is 69.3 Å². The molecule has 14 heteroatoms. The fourth-order valence-electron chi connectivity index (χ4n) is 6.73. The van der Waals surface area contributed by atoms with E-state index in [0.717, 1.165) is 34.6 Å². The van der Waals surface area contributed by atoms with Gasteiger partial charge in [-0.25, -0.2) is 9.97 Å². The van der Waals surface area contributed by atoms with Gasteiger partial charge < -0.3 is 19.2 Å². The van der Waals surface area contributed by atoms with Crippen LogP contribution in [0.4, 0.5) is 5.69 Å². The maximum Gasteiger partial charge on any atom is 0.285 e. The molecule has 0 bridgehead atoms. The lowest BCUT2D eigenvalue weighted by atomic mass is 9.88. The molecule has 0 spiro atoms. The highest BCUT2D eigenvalue weighted by molar-refractivity contribution is 6.23. The summed E-state index contributed by atoms with van der Waals surface area (Å²) in [5.41, 5.74) is 3.31. The third-order valence-electron chi connectivity index (χ3n) is 9.50. The van der Waals surface area contributed by atoms with Gasteiger partial charge in [0.05, 0.1) is 23.5 Å². The number of carbonyl (C=O) groups is 4. The number of hydrogen-bond donors (Lipinski definition) is 2. The molecule has 8 rings (SSSR count). The summed E-state index contributed by atoms with van der Waals surface area (Å²) in [6, 6.07) is 19.9. The minimum Gasteiger partial charge on any atom is -0.490 e. The first-order chi connectivity index (χ1) is 25.7. The van der Waals surface area contributed by atoms with Crippen molar-refractivity contribution >= 4 is 29.3 Å². The fraction of sp³-hybridized carbons (Fsp3) is 0.231. The molecule has 266 valence electrons. The first-order valence-corrected chi connectivity index (χ1v) is 17.1. The van der Waals surface area contributed by atoms with Gasteiger partial charge in [-0.05, 0) is 60.0 Å². The van der Waals surface area contributed by atoms with E-state index < -0.39 is 29.7 Å². The number of aryl methyl sites for hydroxylation is 1. The van der Waals surface area contributed by atoms with Gasteiger partial charge in [-0.15, -0.1) is 16.8 Å². The smallest absolute Gasteiger partial charge is 0.285 e. The molecule has 2 aromatic heterocycles. The molecule has 1 aliphatic carbocycles. The number of imide groups is 2. The van der Waals surface area contributed by atoms with E-state index in [1.807, 2.05) is 54.6 Å². The van der Waals surface area contributed by atoms with Crippen LogP contribution >= 0.6 is 0 Å². The second-order valence-electron chi connectivity index (χ2n) is 13.1. The molecule has 1 unspecified atom stereocenters. The Morgan fingerprint density at radius 2 is 1.57 bits per heavy atom. The number of aromatic nitrogens is 4. The highest BCUT2D eigenvalue weighted by Crippen LogP contribution is 2.34. The van der Waals surface area contributed by atoms with E-state index in [0.29, 0.717) is 28.9 Å². The Labute approximate surface area is 303 Å². The third kappa shape index (κ3) is 6.73. The average Bonchev–Trinajstić information content (AvgIpc) is 3.69. The molecule has 4 amide bonds. The molecule has 0 radical (unpaired) electrons. The molecule has 2 atom stereocenters. The van der Waals surface area contributed by atoms with Crippen LogP contribution in [-0.4, -0.2) is 66.9 Å². The number of fused-ring (bicyclic) bond motifs is 1. The maximum absolute atomic E-state index is 13.2. The van der Waals surface area contributed by atoms with Crippen LogP contribution < -0.4 is 20.1 Å². The molecular formula is C39H33N7O7. The SMILES string of the molecule is C=C[C@@H](c1ccc(Oc2cnc(-c3nnc(C)o3)nc2)cc1)c1ccc(OC2CC(Nc3ccc4c(c3)C(=O)N(C3CCC(=O)NC3=O)C4=O)C2)cc1. The first-order valence-electron chi connectivity index (χ1n) is 17.1. The standard InChI is InChI=1S/C39H33N7O7/c1-3-30(23-6-11-27(12-7-23)53-29-19-40-35(41-20-29)37-45-44-21(2)51-37)22-4-9-26(10-5-22)52-28-16-25(17-28)42-24-8-13-31-32(18-24)39(50)46(38(31)49)33-14-15-34(47)43-36(33)48/h3-13,18-20,25,28,30,33,42H,1,14-17H2,2H3,(H,43,47,48)/t25?,28?,30-,33?/m1/s1. The van der Waals surface area contributed by atoms with Gasteiger partial charge in [0.2, 0.25) is 23.5 Å². The summed E-state index contributed by atoms with van der Waals surface area (Å²) in [4.78, 5) is 59.5. The summed E-state index contributed by atoms with van der Waals surface area (Å²) in [6.07, 6.45) is 6.72. The Hall–Kier alpha value is -6.70. The molecular weight excluding hydrogens is 678 g/mol. The highest BCUT2D eigenvalue weighted by atomic mass is 16.5. The summed E-state index contributed by atoms with van der Waals surface area (Å²) in [6.45, 7) is 5.76. The molecule has 4 heterocycles. The monoisotopic (exact) mass is 711 g/mol. The summed E-state index contributed by atoms with van der Waals surface area (Å²) in [5, 5.41) is 13.4. The molecule has 1 saturated carbocycles. The number of anilines is 1. The molecule has 2 aliphatic heterocycles. The van der Waals surface area contributed by atoms with Crippen molar-refractivity contribution in [3.05, 3.63) is 120 Å². The van der Waals surface area contributed by atoms with Gasteiger partial charge >= 0.3 is 0 Å². The summed E-state index contributed by atoms with van der Waals surface area (Å²) >= 11 is 0. The Morgan fingerprint density at radius 3 is 2.21 bits per heavy atom. The van der Waals surface area contributed by atoms with Crippen molar-refractivity contribution in [1.29, 1.82) is 0 Å². The first kappa shape index (κ1) is 33.4. The fourth-order valence-corrected chi connectivity index (χ4v) is 6.73. The predicted octanol–water partition coefficient (Wildman–Crippen LogP) is 5.37. The van der Waals surface area contributed by atoms with Gasteiger partial charge in [-0.3, -0.25) is 29.4 Å². The van der Waals surface area contributed by atoms with Crippen LogP contribution in [0.5, 0.6) is 17.2 Å². The van der Waals surface area contributed by atoms with Crippen LogP contribution in [-0.2, 0) is 9.59 Å². The topological polar surface area (TPSA) is 179 Å². The summed E-state index contributed by atoms with van der Waals surface area (Å²) in [7, 11) is 0. The number of ether oxygens (including phenoxy) is 2. The lowest BCUT2D eigenvalue weighted by Gasteiger charge is -2.36. The van der Waals surface area contributed by atoms with E-state index in [4.69, 9.17) is 13.9 Å². The van der Waals surface area contributed by atoms with E-state index in [2.05, 4.69) is 37.4 Å². The van der Waals surface area contributed by atoms with Gasteiger partial charge in [-0.1, -0.05) is 30.3 Å². The average molecular weight is 712 g/mol. The van der Waals surface area contributed by atoms with Gasteiger partial charge in [0, 0.05) is 43.8 Å². The highest BCUT2D eigenvalue weighted by Gasteiger charge is 2.44. The Balaban J connectivity index is 0.827. The van der Waals surface area contributed by atoms with Crippen molar-refractivity contribution in [2.75, 3.05) is 5.32 Å². The van der Waals surface area contributed by atoms with E-state index in [1.54, 1.807) is 37.5 Å². The van der Waals surface area contributed by atoms with E-state index in [1.165, 1.54) is 0 Å². The Kier molecular flexibility index (Phi) is 8.70. The lowest BCUT2D eigenvalue weighted by molar-refractivity contribution is -0.136. The number of piperidine rings is 1. The van der Waals surface area contributed by atoms with Gasteiger partial charge in [0.1, 0.15) is 23.6 Å². The second-order valence-corrected chi connectivity index (χ2v) is 13.1. The number of benzene rings is 3. The normalized spacial score (nSPS) is 19.9. The van der Waals surface area contributed by atoms with Crippen molar-refractivity contribution < 1.29 is 33.1 Å². The minimum absolute atomic E-state index is 0.0198. The Morgan fingerprint density at radius 1 is 0.887 bits per heavy atom. The minimum atomic E-state index is -0.994. The molecule has 2 fully saturated rings. The summed E-state index contributed by atoms with van der Waals surface area (Å²) < 4.78 is 17.5. The van der Waals surface area contributed by atoms with Crippen molar-refractivity contribution in [2.24, 2.45) is 0 Å². The van der Waals surface area contributed by atoms with Crippen molar-refractivity contribution in [3.8, 4) is 29.0 Å². The number of allylic oxidation sites excluding steroid dienone is 1. The molecule has 3 aliphatic rings. The zero-order valence-electron chi connectivity index (χ0n) is 28.5. The number of amides is 4. The number of rotatable bonds is 11. The zero-order chi connectivity index (χ0) is 36.6. The van der Waals surface area contributed by atoms with Crippen LogP contribution in [0.25, 0.3) is 11.7 Å². The third-order valence-corrected chi connectivity index (χ3v) is 9.50. The second kappa shape index (κ2) is 13.8. The van der Waals surface area contributed by atoms with Crippen molar-refractivity contribution in [1.82, 2.24) is 30.4 Å². The number of carbonyl (C=O) groups excluding carboxylic acids is 4. The number of hydrogen-bond acceptors (Lipinski definition) is 12. The molecule has 14 nitrogen and oxygen atoms in total. The number of nitrogens with one attached hydrogen (secondary N) is 2. The molecule has 3 aromatic carbocycles. The summed E-state index contributed by atoms with van der Waals surface area (Å²) in [5.74, 6) is 0.741. The Bertz CT molecular complexity index is 2230. The van der Waals surface area contributed by atoms with E-state index in [9.17, 15) is 19.2 Å². The predicted molar refractivity (Wildman–Crippen MR) is 189 cm³/mol. The molecule has 53 heavy (non-hydrogen) atoms. The van der Waals surface area contributed by atoms with Gasteiger partial charge in [0.15, 0.2) is 5.75 Å². The van der Waals surface area contributed by atoms with Gasteiger partial charge in [-0.2, -0.15) is 0 Å². The van der Waals surface area contributed by atoms with Crippen LogP contribution in [0, 0.1) is 6.92 Å².